The van der Waals surface area contributed by atoms with Crippen molar-refractivity contribution in [3.05, 3.63) is 40.9 Å². The highest BCUT2D eigenvalue weighted by Gasteiger charge is 2.19. The lowest BCUT2D eigenvalue weighted by Gasteiger charge is -2.12. The van der Waals surface area contributed by atoms with Crippen LogP contribution in [0.25, 0.3) is 0 Å². The number of rotatable bonds is 7. The molecule has 0 N–H and O–H groups in total. The Balaban J connectivity index is 3.53. The van der Waals surface area contributed by atoms with Crippen molar-refractivity contribution in [1.82, 2.24) is 9.78 Å². The van der Waals surface area contributed by atoms with Crippen molar-refractivity contribution in [2.45, 2.75) is 60.8 Å². The molecular formula is C20H28N4O. The highest BCUT2D eigenvalue weighted by molar-refractivity contribution is 6.03. The molecular weight excluding hydrogens is 312 g/mol. The van der Waals surface area contributed by atoms with E-state index in [0.29, 0.717) is 17.1 Å². The number of hydrogen-bond acceptors (Lipinski definition) is 4. The Labute approximate surface area is 150 Å². The van der Waals surface area contributed by atoms with Crippen LogP contribution in [0, 0.1) is 17.2 Å². The van der Waals surface area contributed by atoms with E-state index in [4.69, 9.17) is 5.26 Å². The maximum absolute atomic E-state index is 12.8. The van der Waals surface area contributed by atoms with Crippen LogP contribution < -0.4 is 0 Å². The summed E-state index contributed by atoms with van der Waals surface area (Å²) in [7, 11) is 0. The monoisotopic (exact) mass is 340 g/mol. The first-order valence-electron chi connectivity index (χ1n) is 8.82. The third kappa shape index (κ3) is 5.53. The average molecular weight is 340 g/mol. The predicted octanol–water partition coefficient (Wildman–Crippen LogP) is 4.66. The number of carbonyl (C=O) groups excluding carboxylic acids is 1. The number of ketones is 1. The van der Waals surface area contributed by atoms with Crippen LogP contribution in [-0.2, 0) is 4.79 Å². The Morgan fingerprint density at radius 1 is 1.36 bits per heavy atom. The molecule has 0 amide bonds. The van der Waals surface area contributed by atoms with E-state index < -0.39 is 0 Å². The number of hydrogen-bond donors (Lipinski definition) is 0. The molecule has 0 spiro atoms. The van der Waals surface area contributed by atoms with E-state index in [1.54, 1.807) is 10.9 Å². The van der Waals surface area contributed by atoms with E-state index >= 15 is 0 Å². The van der Waals surface area contributed by atoms with Gasteiger partial charge in [0.1, 0.15) is 11.8 Å². The lowest BCUT2D eigenvalue weighted by atomic mass is 9.98. The van der Waals surface area contributed by atoms with Crippen molar-refractivity contribution in [3.63, 3.8) is 0 Å². The number of aromatic nitrogens is 2. The van der Waals surface area contributed by atoms with Gasteiger partial charge in [-0.05, 0) is 44.8 Å². The Hall–Kier alpha value is -2.48. The molecule has 1 aromatic rings. The Morgan fingerprint density at radius 2 is 2.04 bits per heavy atom. The van der Waals surface area contributed by atoms with Gasteiger partial charge < -0.3 is 0 Å². The molecule has 0 fully saturated rings. The molecule has 0 aliphatic carbocycles. The van der Waals surface area contributed by atoms with Gasteiger partial charge in [0.25, 0.3) is 0 Å². The van der Waals surface area contributed by atoms with Crippen LogP contribution in [0.1, 0.15) is 66.4 Å². The molecule has 0 bridgehead atoms. The number of nitrogens with zero attached hydrogens (tertiary/aromatic N) is 4. The van der Waals surface area contributed by atoms with Crippen LogP contribution >= 0.6 is 0 Å². The van der Waals surface area contributed by atoms with Gasteiger partial charge in [-0.15, -0.1) is 0 Å². The predicted molar refractivity (Wildman–Crippen MR) is 101 cm³/mol. The molecule has 0 aliphatic rings. The van der Waals surface area contributed by atoms with Crippen molar-refractivity contribution < 1.29 is 4.79 Å². The zero-order valence-electron chi connectivity index (χ0n) is 16.1. The highest BCUT2D eigenvalue weighted by atomic mass is 16.1. The van der Waals surface area contributed by atoms with Crippen LogP contribution in [0.5, 0.6) is 0 Å². The molecule has 1 rings (SSSR count). The van der Waals surface area contributed by atoms with Crippen molar-refractivity contribution in [2.75, 3.05) is 0 Å². The summed E-state index contributed by atoms with van der Waals surface area (Å²) in [5.41, 5.74) is 3.04. The summed E-state index contributed by atoms with van der Waals surface area (Å²) in [6, 6.07) is 2.07. The molecule has 1 heterocycles. The van der Waals surface area contributed by atoms with Gasteiger partial charge in [0.15, 0.2) is 11.6 Å². The molecule has 1 unspecified atom stereocenters. The second kappa shape index (κ2) is 9.73. The normalized spacial score (nSPS) is 14.8. The first kappa shape index (κ1) is 20.6. The fourth-order valence-electron chi connectivity index (χ4n) is 2.04. The van der Waals surface area contributed by atoms with Crippen molar-refractivity contribution in [2.24, 2.45) is 10.9 Å². The highest BCUT2D eigenvalue weighted by Crippen LogP contribution is 2.18. The largest absolute Gasteiger partial charge is 0.292 e. The minimum atomic E-state index is -0.0787. The van der Waals surface area contributed by atoms with Crippen molar-refractivity contribution in [1.29, 1.82) is 5.26 Å². The van der Waals surface area contributed by atoms with Crippen LogP contribution in [-0.4, -0.2) is 21.4 Å². The molecule has 134 valence electrons. The summed E-state index contributed by atoms with van der Waals surface area (Å²) in [4.78, 5) is 17.5. The third-order valence-corrected chi connectivity index (χ3v) is 4.33. The van der Waals surface area contributed by atoms with Gasteiger partial charge in [-0.2, -0.15) is 10.4 Å². The summed E-state index contributed by atoms with van der Waals surface area (Å²) in [6.07, 6.45) is 7.45. The topological polar surface area (TPSA) is 71.0 Å². The lowest BCUT2D eigenvalue weighted by Crippen LogP contribution is -2.17. The molecule has 1 aromatic heterocycles. The van der Waals surface area contributed by atoms with Crippen molar-refractivity contribution >= 4 is 11.6 Å². The van der Waals surface area contributed by atoms with E-state index in [1.165, 1.54) is 6.20 Å². The minimum Gasteiger partial charge on any atom is -0.292 e. The summed E-state index contributed by atoms with van der Waals surface area (Å²) in [6.45, 7) is 12.0. The molecule has 25 heavy (non-hydrogen) atoms. The van der Waals surface area contributed by atoms with Crippen molar-refractivity contribution in [3.8, 4) is 6.07 Å². The first-order chi connectivity index (χ1) is 11.9. The average Bonchev–Trinajstić information content (AvgIpc) is 3.11. The SMILES string of the molecule is CCC(C)=CC(=N/C(C(=O)C(C)CC)=C(\C)CC)n1cc(C#N)cn1. The molecule has 0 saturated carbocycles. The van der Waals surface area contributed by atoms with Crippen LogP contribution in [0.4, 0.5) is 0 Å². The molecule has 0 radical (unpaired) electrons. The van der Waals surface area contributed by atoms with E-state index in [9.17, 15) is 4.79 Å². The van der Waals surface area contributed by atoms with Gasteiger partial charge in [-0.1, -0.05) is 33.3 Å². The number of nitriles is 1. The van der Waals surface area contributed by atoms with E-state index in [0.717, 1.165) is 30.4 Å². The zero-order chi connectivity index (χ0) is 19.0. The standard InChI is InChI=1S/C20H28N4O/c1-7-14(4)10-18(24-13-17(11-21)12-22-24)23-19(15(5)8-2)20(25)16(6)9-3/h10,12-13,16H,7-9H2,1-6H3/b14-10?,19-15+,23-18?. The summed E-state index contributed by atoms with van der Waals surface area (Å²) < 4.78 is 1.56. The maximum atomic E-state index is 12.8. The lowest BCUT2D eigenvalue weighted by molar-refractivity contribution is -0.118. The zero-order valence-corrected chi connectivity index (χ0v) is 16.1. The fraction of sp³-hybridized carbons (Fsp3) is 0.500. The fourth-order valence-corrected chi connectivity index (χ4v) is 2.04. The number of Topliss-reactive ketones (excluding diaryl/α,β-unsaturated/α-hetero) is 1. The molecule has 0 aliphatic heterocycles. The molecule has 5 nitrogen and oxygen atoms in total. The van der Waals surface area contributed by atoms with Gasteiger partial charge in [0, 0.05) is 5.92 Å². The van der Waals surface area contributed by atoms with Gasteiger partial charge in [0.05, 0.1) is 18.0 Å². The summed E-state index contributed by atoms with van der Waals surface area (Å²) in [5.74, 6) is 0.528. The molecule has 1 atom stereocenters. The quantitative estimate of drug-likeness (QED) is 0.412. The van der Waals surface area contributed by atoms with E-state index in [-0.39, 0.29) is 11.7 Å². The second-order valence-electron chi connectivity index (χ2n) is 6.26. The Morgan fingerprint density at radius 3 is 2.52 bits per heavy atom. The second-order valence-corrected chi connectivity index (χ2v) is 6.26. The molecule has 0 aromatic carbocycles. The summed E-state index contributed by atoms with van der Waals surface area (Å²) >= 11 is 0. The molecule has 0 saturated heterocycles. The number of allylic oxidation sites excluding steroid dienone is 4. The Bertz CT molecular complexity index is 744. The van der Waals surface area contributed by atoms with Gasteiger partial charge in [0.2, 0.25) is 0 Å². The number of carbonyl (C=O) groups is 1. The third-order valence-electron chi connectivity index (χ3n) is 4.33. The first-order valence-corrected chi connectivity index (χ1v) is 8.82. The van der Waals surface area contributed by atoms with Gasteiger partial charge in [-0.3, -0.25) is 4.79 Å². The minimum absolute atomic E-state index is 0.0505. The Kier molecular flexibility index (Phi) is 8.00. The van der Waals surface area contributed by atoms with Gasteiger partial charge >= 0.3 is 0 Å². The van der Waals surface area contributed by atoms with Crippen LogP contribution in [0.2, 0.25) is 0 Å². The van der Waals surface area contributed by atoms with E-state index in [1.807, 2.05) is 40.7 Å². The maximum Gasteiger partial charge on any atom is 0.183 e. The molecule has 5 heteroatoms. The summed E-state index contributed by atoms with van der Waals surface area (Å²) in [5, 5.41) is 13.3. The van der Waals surface area contributed by atoms with Crippen LogP contribution in [0.3, 0.4) is 0 Å². The van der Waals surface area contributed by atoms with Gasteiger partial charge in [-0.25, -0.2) is 9.67 Å². The van der Waals surface area contributed by atoms with E-state index in [2.05, 4.69) is 23.1 Å². The smallest absolute Gasteiger partial charge is 0.183 e. The van der Waals surface area contributed by atoms with Crippen LogP contribution in [0.15, 0.2) is 40.3 Å². The number of aliphatic imine (C=N–C) groups is 1.